The lowest BCUT2D eigenvalue weighted by molar-refractivity contribution is -0.161. The predicted molar refractivity (Wildman–Crippen MR) is 104 cm³/mol. The number of nitrogens with zero attached hydrogens (tertiary/aromatic N) is 3. The third kappa shape index (κ3) is 3.88. The lowest BCUT2D eigenvalue weighted by atomic mass is 9.80. The molecular formula is C20H33N5O2. The summed E-state index contributed by atoms with van der Waals surface area (Å²) in [7, 11) is 0. The van der Waals surface area contributed by atoms with E-state index in [1.165, 1.54) is 0 Å². The highest BCUT2D eigenvalue weighted by atomic mass is 16.2. The number of carbonyl (C=O) groups is 2. The summed E-state index contributed by atoms with van der Waals surface area (Å²) in [6.07, 6.45) is 4.66. The number of piperidine rings is 1. The van der Waals surface area contributed by atoms with E-state index >= 15 is 0 Å². The van der Waals surface area contributed by atoms with Crippen molar-refractivity contribution in [3.63, 3.8) is 0 Å². The molecule has 3 heterocycles. The number of rotatable bonds is 6. The molecule has 0 bridgehead atoms. The molecule has 2 N–H and O–H groups in total. The molecule has 2 amide bonds. The van der Waals surface area contributed by atoms with Gasteiger partial charge in [0.15, 0.2) is 0 Å². The van der Waals surface area contributed by atoms with Crippen molar-refractivity contribution in [3.8, 4) is 0 Å². The molecule has 7 nitrogen and oxygen atoms in total. The van der Waals surface area contributed by atoms with Crippen molar-refractivity contribution >= 4 is 11.8 Å². The molecule has 2 aliphatic heterocycles. The molecule has 3 rings (SSSR count). The van der Waals surface area contributed by atoms with E-state index in [1.54, 1.807) is 6.33 Å². The Kier molecular flexibility index (Phi) is 5.89. The average molecular weight is 376 g/mol. The van der Waals surface area contributed by atoms with Crippen molar-refractivity contribution in [2.45, 2.75) is 71.5 Å². The third-order valence-electron chi connectivity index (χ3n) is 5.96. The Morgan fingerprint density at radius 1 is 1.30 bits per heavy atom. The van der Waals surface area contributed by atoms with Crippen molar-refractivity contribution in [1.82, 2.24) is 25.1 Å². The first kappa shape index (κ1) is 19.9. The van der Waals surface area contributed by atoms with Crippen LogP contribution in [0.25, 0.3) is 0 Å². The molecule has 2 fully saturated rings. The molecule has 7 heteroatoms. The first-order chi connectivity index (χ1) is 12.9. The van der Waals surface area contributed by atoms with Crippen molar-refractivity contribution < 1.29 is 9.59 Å². The zero-order valence-electron chi connectivity index (χ0n) is 17.0. The van der Waals surface area contributed by atoms with Crippen LogP contribution in [0, 0.1) is 12.8 Å². The quantitative estimate of drug-likeness (QED) is 0.795. The van der Waals surface area contributed by atoms with Crippen LogP contribution >= 0.6 is 0 Å². The molecule has 0 saturated carbocycles. The highest BCUT2D eigenvalue weighted by Gasteiger charge is 2.53. The van der Waals surface area contributed by atoms with E-state index in [4.69, 9.17) is 0 Å². The maximum absolute atomic E-state index is 13.1. The molecule has 0 aromatic carbocycles. The molecule has 27 heavy (non-hydrogen) atoms. The number of hydrogen-bond acceptors (Lipinski definition) is 4. The van der Waals surface area contributed by atoms with Gasteiger partial charge in [-0.3, -0.25) is 14.5 Å². The summed E-state index contributed by atoms with van der Waals surface area (Å²) in [6, 6.07) is -0.375. The summed E-state index contributed by atoms with van der Waals surface area (Å²) in [5.74, 6) is 0.512. The predicted octanol–water partition coefficient (Wildman–Crippen LogP) is 1.84. The summed E-state index contributed by atoms with van der Waals surface area (Å²) >= 11 is 0. The van der Waals surface area contributed by atoms with E-state index in [0.29, 0.717) is 31.7 Å². The topological polar surface area (TPSA) is 81.3 Å². The molecule has 1 aromatic rings. The van der Waals surface area contributed by atoms with E-state index in [1.807, 2.05) is 11.8 Å². The lowest BCUT2D eigenvalue weighted by Crippen LogP contribution is -2.73. The Hall–Kier alpha value is -1.89. The van der Waals surface area contributed by atoms with Gasteiger partial charge < -0.3 is 15.2 Å². The Balaban J connectivity index is 1.73. The van der Waals surface area contributed by atoms with Gasteiger partial charge in [0, 0.05) is 26.2 Å². The van der Waals surface area contributed by atoms with E-state index in [0.717, 1.165) is 37.4 Å². The van der Waals surface area contributed by atoms with Crippen LogP contribution in [0.2, 0.25) is 0 Å². The molecule has 2 saturated heterocycles. The first-order valence-electron chi connectivity index (χ1n) is 10.2. The van der Waals surface area contributed by atoms with Gasteiger partial charge in [-0.25, -0.2) is 4.98 Å². The molecule has 1 unspecified atom stereocenters. The molecule has 2 aliphatic rings. The van der Waals surface area contributed by atoms with Crippen LogP contribution in [-0.4, -0.2) is 62.8 Å². The van der Waals surface area contributed by atoms with Crippen LogP contribution < -0.4 is 5.32 Å². The minimum Gasteiger partial charge on any atom is -0.347 e. The van der Waals surface area contributed by atoms with Crippen molar-refractivity contribution in [1.29, 1.82) is 0 Å². The molecule has 0 radical (unpaired) electrons. The minimum absolute atomic E-state index is 0.0403. The largest absolute Gasteiger partial charge is 0.347 e. The summed E-state index contributed by atoms with van der Waals surface area (Å²) < 4.78 is 0. The first-order valence-corrected chi connectivity index (χ1v) is 10.2. The maximum Gasteiger partial charge on any atom is 0.246 e. The number of hydrogen-bond donors (Lipinski definition) is 2. The SMILES string of the molecule is CCCN1C(=O)C(CC(C)C)NC(=O)C12CCN(Cc1[nH]cnc1C)CC2. The monoisotopic (exact) mass is 375 g/mol. The van der Waals surface area contributed by atoms with Gasteiger partial charge >= 0.3 is 0 Å². The third-order valence-corrected chi connectivity index (χ3v) is 5.96. The number of likely N-dealkylation sites (tertiary alicyclic amines) is 1. The van der Waals surface area contributed by atoms with Crippen LogP contribution in [0.3, 0.4) is 0 Å². The highest BCUT2D eigenvalue weighted by molar-refractivity contribution is 6.00. The minimum atomic E-state index is -0.680. The number of H-pyrrole nitrogens is 1. The van der Waals surface area contributed by atoms with Crippen LogP contribution in [0.1, 0.15) is 57.8 Å². The number of aromatic amines is 1. The van der Waals surface area contributed by atoms with Gasteiger partial charge in [-0.1, -0.05) is 20.8 Å². The Labute approximate surface area is 161 Å². The Bertz CT molecular complexity index is 676. The second kappa shape index (κ2) is 8.00. The molecule has 150 valence electrons. The Morgan fingerprint density at radius 2 is 2.00 bits per heavy atom. The molecular weight excluding hydrogens is 342 g/mol. The lowest BCUT2D eigenvalue weighted by Gasteiger charge is -2.51. The van der Waals surface area contributed by atoms with E-state index in [9.17, 15) is 9.59 Å². The van der Waals surface area contributed by atoms with Gasteiger partial charge in [-0.05, 0) is 38.5 Å². The number of amides is 2. The summed E-state index contributed by atoms with van der Waals surface area (Å²) in [4.78, 5) is 38.0. The zero-order chi connectivity index (χ0) is 19.6. The van der Waals surface area contributed by atoms with Crippen LogP contribution in [0.4, 0.5) is 0 Å². The van der Waals surface area contributed by atoms with Gasteiger partial charge in [0.05, 0.1) is 17.7 Å². The van der Waals surface area contributed by atoms with Gasteiger partial charge in [-0.2, -0.15) is 0 Å². The fraction of sp³-hybridized carbons (Fsp3) is 0.750. The second-order valence-corrected chi connectivity index (χ2v) is 8.42. The standard InChI is InChI=1S/C20H33N5O2/c1-5-8-25-18(26)16(11-14(2)3)23-19(27)20(25)6-9-24(10-7-20)12-17-15(4)21-13-22-17/h13-14,16H,5-12H2,1-4H3,(H,21,22)(H,23,27). The van der Waals surface area contributed by atoms with Gasteiger partial charge in [0.1, 0.15) is 11.6 Å². The summed E-state index contributed by atoms with van der Waals surface area (Å²) in [5.41, 5.74) is 1.46. The number of aryl methyl sites for hydroxylation is 1. The second-order valence-electron chi connectivity index (χ2n) is 8.42. The van der Waals surface area contributed by atoms with Gasteiger partial charge in [0.2, 0.25) is 11.8 Å². The van der Waals surface area contributed by atoms with E-state index in [-0.39, 0.29) is 17.9 Å². The van der Waals surface area contributed by atoms with Gasteiger partial charge in [0.25, 0.3) is 0 Å². The van der Waals surface area contributed by atoms with Crippen molar-refractivity contribution in [2.75, 3.05) is 19.6 Å². The van der Waals surface area contributed by atoms with Crippen molar-refractivity contribution in [2.24, 2.45) is 5.92 Å². The molecule has 0 aliphatic carbocycles. The van der Waals surface area contributed by atoms with E-state index in [2.05, 4.69) is 41.0 Å². The fourth-order valence-electron chi connectivity index (χ4n) is 4.41. The number of piperazine rings is 1. The number of nitrogens with one attached hydrogen (secondary N) is 2. The maximum atomic E-state index is 13.1. The van der Waals surface area contributed by atoms with E-state index < -0.39 is 5.54 Å². The number of aromatic nitrogens is 2. The van der Waals surface area contributed by atoms with Crippen molar-refractivity contribution in [3.05, 3.63) is 17.7 Å². The Morgan fingerprint density at radius 3 is 2.56 bits per heavy atom. The fourth-order valence-corrected chi connectivity index (χ4v) is 4.41. The smallest absolute Gasteiger partial charge is 0.246 e. The normalized spacial score (nSPS) is 23.3. The molecule has 1 spiro atoms. The van der Waals surface area contributed by atoms with Crippen LogP contribution in [0.15, 0.2) is 6.33 Å². The molecule has 1 atom stereocenters. The summed E-state index contributed by atoms with van der Waals surface area (Å²) in [5, 5.41) is 3.05. The number of imidazole rings is 1. The number of carbonyl (C=O) groups excluding carboxylic acids is 2. The van der Waals surface area contributed by atoms with Crippen LogP contribution in [0.5, 0.6) is 0 Å². The zero-order valence-corrected chi connectivity index (χ0v) is 17.0. The van der Waals surface area contributed by atoms with Gasteiger partial charge in [-0.15, -0.1) is 0 Å². The average Bonchev–Trinajstić information content (AvgIpc) is 3.03. The highest BCUT2D eigenvalue weighted by Crippen LogP contribution is 2.34. The molecule has 1 aromatic heterocycles. The summed E-state index contributed by atoms with van der Waals surface area (Å²) in [6.45, 7) is 11.3. The van der Waals surface area contributed by atoms with Crippen LogP contribution in [-0.2, 0) is 16.1 Å².